The molecule has 2 amide bonds. The topological polar surface area (TPSA) is 86.8 Å². The molecule has 0 aliphatic heterocycles. The summed E-state index contributed by atoms with van der Waals surface area (Å²) in [6.45, 7) is 2.35. The molecule has 0 aliphatic carbocycles. The first-order chi connectivity index (χ1) is 17.1. The van der Waals surface area contributed by atoms with Gasteiger partial charge in [-0.25, -0.2) is 4.98 Å². The number of nitrogens with one attached hydrogen (secondary N) is 2. The third kappa shape index (κ3) is 7.32. The van der Waals surface area contributed by atoms with Crippen LogP contribution >= 0.6 is 46.1 Å². The van der Waals surface area contributed by atoms with Gasteiger partial charge in [0, 0.05) is 36.9 Å². The molecule has 2 N–H and O–H groups in total. The maximum Gasteiger partial charge on any atom is 0.267 e. The molecule has 0 unspecified atom stereocenters. The number of hydrogen-bond donors (Lipinski definition) is 2. The number of benzene rings is 1. The van der Waals surface area contributed by atoms with E-state index >= 15 is 0 Å². The molecule has 0 saturated carbocycles. The molecule has 1 aromatic carbocycles. The van der Waals surface area contributed by atoms with E-state index in [2.05, 4.69) is 25.4 Å². The van der Waals surface area contributed by atoms with E-state index < -0.39 is 11.8 Å². The standard InChI is InChI=1S/C24H26Cl3N5O3S/c1-31(2)7-8-32(3)12-14-13-36-22(20(14)27)24(34)30-21-17(9-16(26)10-18(21)35-4)23(33)29-19-6-5-15(25)11-28-19/h5-6,9-11,13H,7-8,12H2,1-4H3,(H,30,34)(H,28,29,33). The molecule has 36 heavy (non-hydrogen) atoms. The van der Waals surface area contributed by atoms with Crippen molar-refractivity contribution in [2.24, 2.45) is 0 Å². The molecule has 0 fully saturated rings. The number of hydrogen-bond acceptors (Lipinski definition) is 7. The van der Waals surface area contributed by atoms with Crippen LogP contribution in [0.25, 0.3) is 0 Å². The summed E-state index contributed by atoms with van der Waals surface area (Å²) in [6.07, 6.45) is 1.41. The molecular weight excluding hydrogens is 545 g/mol. The first-order valence-corrected chi connectivity index (χ1v) is 12.8. The molecule has 192 valence electrons. The van der Waals surface area contributed by atoms with Crippen molar-refractivity contribution in [3.8, 4) is 5.75 Å². The SMILES string of the molecule is COc1cc(Cl)cc(C(=O)Nc2ccc(Cl)cn2)c1NC(=O)c1scc(CN(C)CCN(C)C)c1Cl. The predicted octanol–water partition coefficient (Wildman–Crippen LogP) is 5.61. The van der Waals surface area contributed by atoms with E-state index in [-0.39, 0.29) is 27.8 Å². The number of rotatable bonds is 10. The molecule has 0 spiro atoms. The van der Waals surface area contributed by atoms with Gasteiger partial charge >= 0.3 is 0 Å². The summed E-state index contributed by atoms with van der Waals surface area (Å²) in [5.41, 5.74) is 1.11. The van der Waals surface area contributed by atoms with Gasteiger partial charge in [-0.2, -0.15) is 0 Å². The molecule has 8 nitrogen and oxygen atoms in total. The summed E-state index contributed by atoms with van der Waals surface area (Å²) in [6, 6.07) is 6.10. The fourth-order valence-corrected chi connectivity index (χ4v) is 4.80. The van der Waals surface area contributed by atoms with Crippen molar-refractivity contribution in [3.63, 3.8) is 0 Å². The first-order valence-electron chi connectivity index (χ1n) is 10.8. The van der Waals surface area contributed by atoms with Crippen molar-refractivity contribution in [1.29, 1.82) is 0 Å². The summed E-state index contributed by atoms with van der Waals surface area (Å²) in [7, 11) is 7.44. The zero-order valence-electron chi connectivity index (χ0n) is 20.2. The highest BCUT2D eigenvalue weighted by Crippen LogP contribution is 2.35. The van der Waals surface area contributed by atoms with Gasteiger partial charge < -0.3 is 25.2 Å². The van der Waals surface area contributed by atoms with Crippen molar-refractivity contribution in [1.82, 2.24) is 14.8 Å². The Bertz CT molecular complexity index is 1230. The van der Waals surface area contributed by atoms with E-state index in [1.807, 2.05) is 26.5 Å². The van der Waals surface area contributed by atoms with Crippen molar-refractivity contribution in [2.45, 2.75) is 6.54 Å². The maximum atomic E-state index is 13.2. The number of likely N-dealkylation sites (N-methyl/N-ethyl adjacent to an activating group) is 2. The number of carbonyl (C=O) groups excluding carboxylic acids is 2. The Morgan fingerprint density at radius 1 is 1.03 bits per heavy atom. The van der Waals surface area contributed by atoms with Crippen LogP contribution in [0.1, 0.15) is 25.6 Å². The number of halogens is 3. The lowest BCUT2D eigenvalue weighted by Crippen LogP contribution is -2.28. The quantitative estimate of drug-likeness (QED) is 0.330. The number of anilines is 2. The van der Waals surface area contributed by atoms with Crippen LogP contribution in [0.4, 0.5) is 11.5 Å². The van der Waals surface area contributed by atoms with Crippen LogP contribution in [0.3, 0.4) is 0 Å². The van der Waals surface area contributed by atoms with Gasteiger partial charge in [-0.15, -0.1) is 11.3 Å². The number of carbonyl (C=O) groups is 2. The van der Waals surface area contributed by atoms with Crippen LogP contribution in [0.5, 0.6) is 5.75 Å². The number of methoxy groups -OCH3 is 1. The molecule has 0 radical (unpaired) electrons. The van der Waals surface area contributed by atoms with E-state index in [9.17, 15) is 9.59 Å². The van der Waals surface area contributed by atoms with Crippen molar-refractivity contribution < 1.29 is 14.3 Å². The van der Waals surface area contributed by atoms with Gasteiger partial charge in [0.05, 0.1) is 28.4 Å². The number of nitrogens with zero attached hydrogens (tertiary/aromatic N) is 3. The lowest BCUT2D eigenvalue weighted by atomic mass is 10.1. The average molecular weight is 571 g/mol. The molecule has 0 saturated heterocycles. The lowest BCUT2D eigenvalue weighted by molar-refractivity contribution is 0.102. The minimum absolute atomic E-state index is 0.0979. The summed E-state index contributed by atoms with van der Waals surface area (Å²) in [5, 5.41) is 8.37. The number of amides is 2. The highest BCUT2D eigenvalue weighted by molar-refractivity contribution is 7.13. The third-order valence-corrected chi connectivity index (χ3v) is 7.13. The number of thiophene rings is 1. The smallest absolute Gasteiger partial charge is 0.267 e. The van der Waals surface area contributed by atoms with Gasteiger partial charge in [-0.05, 0) is 50.3 Å². The Morgan fingerprint density at radius 3 is 2.42 bits per heavy atom. The number of pyridine rings is 1. The highest BCUT2D eigenvalue weighted by Gasteiger charge is 2.23. The van der Waals surface area contributed by atoms with E-state index in [1.165, 1.54) is 36.8 Å². The maximum absolute atomic E-state index is 13.2. The van der Waals surface area contributed by atoms with Crippen LogP contribution in [0.2, 0.25) is 15.1 Å². The third-order valence-electron chi connectivity index (χ3n) is 5.11. The van der Waals surface area contributed by atoms with Crippen molar-refractivity contribution >= 4 is 69.5 Å². The minimum atomic E-state index is -0.540. The molecule has 2 heterocycles. The Hall–Kier alpha value is -2.40. The minimum Gasteiger partial charge on any atom is -0.494 e. The molecule has 12 heteroatoms. The molecule has 2 aromatic heterocycles. The fourth-order valence-electron chi connectivity index (χ4n) is 3.23. The van der Waals surface area contributed by atoms with Crippen molar-refractivity contribution in [2.75, 3.05) is 52.0 Å². The molecular formula is C24H26Cl3N5O3S. The van der Waals surface area contributed by atoms with Gasteiger partial charge in [0.2, 0.25) is 0 Å². The Kier molecular flexibility index (Phi) is 9.95. The summed E-state index contributed by atoms with van der Waals surface area (Å²) in [5.74, 6) is -0.501. The Labute approximate surface area is 229 Å². The normalized spacial score (nSPS) is 11.1. The van der Waals surface area contributed by atoms with E-state index in [1.54, 1.807) is 12.1 Å². The molecule has 0 aliphatic rings. The first kappa shape index (κ1) is 28.2. The van der Waals surface area contributed by atoms with Crippen LogP contribution in [-0.4, -0.2) is 67.9 Å². The van der Waals surface area contributed by atoms with E-state index in [4.69, 9.17) is 39.5 Å². The monoisotopic (exact) mass is 569 g/mol. The van der Waals surface area contributed by atoms with Crippen molar-refractivity contribution in [3.05, 3.63) is 66.9 Å². The fraction of sp³-hybridized carbons (Fsp3) is 0.292. The van der Waals surface area contributed by atoms with Gasteiger partial charge in [-0.3, -0.25) is 9.59 Å². The zero-order chi connectivity index (χ0) is 26.4. The Balaban J connectivity index is 1.84. The second-order valence-corrected chi connectivity index (χ2v) is 10.4. The van der Waals surface area contributed by atoms with E-state index in [0.717, 1.165) is 18.7 Å². The second-order valence-electron chi connectivity index (χ2n) is 8.25. The predicted molar refractivity (Wildman–Crippen MR) is 147 cm³/mol. The molecule has 3 aromatic rings. The number of ether oxygens (including phenoxy) is 1. The summed E-state index contributed by atoms with van der Waals surface area (Å²) >= 11 is 19.9. The van der Waals surface area contributed by atoms with Gasteiger partial charge in [0.25, 0.3) is 11.8 Å². The van der Waals surface area contributed by atoms with Crippen LogP contribution in [0.15, 0.2) is 35.8 Å². The molecule has 3 rings (SSSR count). The highest BCUT2D eigenvalue weighted by atomic mass is 35.5. The summed E-state index contributed by atoms with van der Waals surface area (Å²) in [4.78, 5) is 34.9. The van der Waals surface area contributed by atoms with Crippen LogP contribution < -0.4 is 15.4 Å². The largest absolute Gasteiger partial charge is 0.494 e. The van der Waals surface area contributed by atoms with Crippen LogP contribution in [-0.2, 0) is 6.54 Å². The molecule has 0 bridgehead atoms. The summed E-state index contributed by atoms with van der Waals surface area (Å²) < 4.78 is 5.40. The van der Waals surface area contributed by atoms with Gasteiger partial charge in [0.1, 0.15) is 16.4 Å². The number of aromatic nitrogens is 1. The zero-order valence-corrected chi connectivity index (χ0v) is 23.3. The average Bonchev–Trinajstić information content (AvgIpc) is 3.19. The van der Waals surface area contributed by atoms with Gasteiger partial charge in [-0.1, -0.05) is 34.8 Å². The van der Waals surface area contributed by atoms with Crippen LogP contribution in [0, 0.1) is 0 Å². The molecule has 0 atom stereocenters. The Morgan fingerprint density at radius 2 is 1.78 bits per heavy atom. The van der Waals surface area contributed by atoms with E-state index in [0.29, 0.717) is 21.5 Å². The lowest BCUT2D eigenvalue weighted by Gasteiger charge is -2.19. The second kappa shape index (κ2) is 12.7. The van der Waals surface area contributed by atoms with Gasteiger partial charge in [0.15, 0.2) is 0 Å².